The van der Waals surface area contributed by atoms with Crippen LogP contribution in [0.1, 0.15) is 31.4 Å². The van der Waals surface area contributed by atoms with Crippen LogP contribution in [0.2, 0.25) is 0 Å². The lowest BCUT2D eigenvalue weighted by Gasteiger charge is -2.30. The number of hydrogen-bond acceptors (Lipinski definition) is 6. The van der Waals surface area contributed by atoms with Crippen molar-refractivity contribution in [1.29, 1.82) is 0 Å². The lowest BCUT2D eigenvalue weighted by Crippen LogP contribution is -2.49. The van der Waals surface area contributed by atoms with Crippen LogP contribution in [-0.4, -0.2) is 64.4 Å². The maximum absolute atomic E-state index is 13.1. The number of anilines is 1. The minimum atomic E-state index is -3.69. The van der Waals surface area contributed by atoms with E-state index in [0.717, 1.165) is 44.7 Å². The van der Waals surface area contributed by atoms with Gasteiger partial charge in [-0.3, -0.25) is 14.0 Å². The van der Waals surface area contributed by atoms with Crippen molar-refractivity contribution in [2.45, 2.75) is 39.4 Å². The number of hydrogen-bond donors (Lipinski definition) is 1. The van der Waals surface area contributed by atoms with Crippen LogP contribution in [-0.2, 0) is 32.6 Å². The first kappa shape index (κ1) is 26.0. The zero-order chi connectivity index (χ0) is 24.6. The summed E-state index contributed by atoms with van der Waals surface area (Å²) in [5, 5.41) is 2.93. The third-order valence-electron chi connectivity index (χ3n) is 5.70. The Bertz CT molecular complexity index is 1040. The van der Waals surface area contributed by atoms with E-state index >= 15 is 0 Å². The molecule has 3 rings (SSSR count). The van der Waals surface area contributed by atoms with Crippen molar-refractivity contribution in [3.8, 4) is 5.75 Å². The van der Waals surface area contributed by atoms with E-state index in [0.29, 0.717) is 31.0 Å². The van der Waals surface area contributed by atoms with Crippen LogP contribution < -0.4 is 14.4 Å². The first-order valence-electron chi connectivity index (χ1n) is 11.7. The summed E-state index contributed by atoms with van der Waals surface area (Å²) in [4.78, 5) is 15.5. The maximum atomic E-state index is 13.1. The number of sulfonamides is 1. The zero-order valence-corrected chi connectivity index (χ0v) is 21.0. The van der Waals surface area contributed by atoms with Crippen molar-refractivity contribution < 1.29 is 22.7 Å². The number of nitrogens with one attached hydrogen (secondary N) is 1. The average molecular weight is 490 g/mol. The molecule has 2 aromatic rings. The van der Waals surface area contributed by atoms with Crippen LogP contribution in [0, 0.1) is 0 Å². The highest BCUT2D eigenvalue weighted by molar-refractivity contribution is 7.92. The summed E-state index contributed by atoms with van der Waals surface area (Å²) in [5.41, 5.74) is 2.58. The van der Waals surface area contributed by atoms with Crippen LogP contribution in [0.5, 0.6) is 5.75 Å². The molecule has 0 aromatic heterocycles. The van der Waals surface area contributed by atoms with E-state index in [1.807, 2.05) is 19.1 Å². The Kier molecular flexibility index (Phi) is 9.32. The molecule has 0 aliphatic carbocycles. The Labute approximate surface area is 202 Å². The average Bonchev–Trinajstić information content (AvgIpc) is 2.82. The molecule has 0 radical (unpaired) electrons. The van der Waals surface area contributed by atoms with Gasteiger partial charge in [-0.2, -0.15) is 0 Å². The van der Waals surface area contributed by atoms with Crippen LogP contribution in [0.25, 0.3) is 0 Å². The fourth-order valence-corrected chi connectivity index (χ4v) is 5.29. The van der Waals surface area contributed by atoms with Gasteiger partial charge in [-0.05, 0) is 48.7 Å². The fraction of sp³-hybridized carbons (Fsp3) is 0.480. The summed E-state index contributed by atoms with van der Waals surface area (Å²) in [7, 11) is -3.69. The molecule has 9 heteroatoms. The summed E-state index contributed by atoms with van der Waals surface area (Å²) in [6, 6.07) is 14.0. The molecular formula is C25H35N3O5S. The van der Waals surface area contributed by atoms with E-state index in [1.54, 1.807) is 31.2 Å². The summed E-state index contributed by atoms with van der Waals surface area (Å²) in [6.45, 7) is 8.68. The van der Waals surface area contributed by atoms with Gasteiger partial charge < -0.3 is 14.8 Å². The van der Waals surface area contributed by atoms with Crippen molar-refractivity contribution >= 4 is 21.6 Å². The number of morpholine rings is 1. The smallest absolute Gasteiger partial charge is 0.244 e. The van der Waals surface area contributed by atoms with Gasteiger partial charge in [-0.1, -0.05) is 31.2 Å². The predicted octanol–water partition coefficient (Wildman–Crippen LogP) is 2.78. The monoisotopic (exact) mass is 489 g/mol. The van der Waals surface area contributed by atoms with E-state index in [1.165, 1.54) is 9.87 Å². The van der Waals surface area contributed by atoms with E-state index < -0.39 is 16.1 Å². The molecule has 1 aliphatic heterocycles. The second-order valence-electron chi connectivity index (χ2n) is 8.34. The largest absolute Gasteiger partial charge is 0.494 e. The number of nitrogens with zero attached hydrogens (tertiary/aromatic N) is 2. The third-order valence-corrected chi connectivity index (χ3v) is 6.88. The van der Waals surface area contributed by atoms with Crippen molar-refractivity contribution in [3.63, 3.8) is 0 Å². The molecule has 2 aromatic carbocycles. The highest BCUT2D eigenvalue weighted by Crippen LogP contribution is 2.25. The van der Waals surface area contributed by atoms with Crippen LogP contribution in [0.15, 0.2) is 48.5 Å². The molecule has 1 unspecified atom stereocenters. The van der Waals surface area contributed by atoms with E-state index in [2.05, 4.69) is 22.3 Å². The van der Waals surface area contributed by atoms with Crippen molar-refractivity contribution in [2.75, 3.05) is 43.5 Å². The van der Waals surface area contributed by atoms with Gasteiger partial charge in [-0.25, -0.2) is 8.42 Å². The van der Waals surface area contributed by atoms with Crippen molar-refractivity contribution in [1.82, 2.24) is 10.2 Å². The number of carbonyl (C=O) groups is 1. The molecule has 1 aliphatic rings. The molecule has 1 fully saturated rings. The normalized spacial score (nSPS) is 15.5. The predicted molar refractivity (Wildman–Crippen MR) is 133 cm³/mol. The number of rotatable bonds is 11. The highest BCUT2D eigenvalue weighted by atomic mass is 32.2. The van der Waals surface area contributed by atoms with Crippen molar-refractivity contribution in [3.05, 3.63) is 59.7 Å². The molecule has 1 N–H and O–H groups in total. The summed E-state index contributed by atoms with van der Waals surface area (Å²) >= 11 is 0. The zero-order valence-electron chi connectivity index (χ0n) is 20.2. The topological polar surface area (TPSA) is 88.2 Å². The minimum Gasteiger partial charge on any atom is -0.494 e. The molecule has 186 valence electrons. The Morgan fingerprint density at radius 1 is 1.12 bits per heavy atom. The molecule has 1 atom stereocenters. The van der Waals surface area contributed by atoms with Gasteiger partial charge in [-0.15, -0.1) is 0 Å². The quantitative estimate of drug-likeness (QED) is 0.522. The maximum Gasteiger partial charge on any atom is 0.244 e. The second kappa shape index (κ2) is 12.2. The van der Waals surface area contributed by atoms with E-state index in [4.69, 9.17) is 9.47 Å². The molecule has 1 amide bonds. The summed E-state index contributed by atoms with van der Waals surface area (Å²) in [6.07, 6.45) is 1.46. The number of amides is 1. The molecule has 0 spiro atoms. The molecule has 0 bridgehead atoms. The fourth-order valence-electron chi connectivity index (χ4n) is 4.08. The Balaban J connectivity index is 1.69. The van der Waals surface area contributed by atoms with Crippen LogP contribution >= 0.6 is 0 Å². The number of carbonyl (C=O) groups excluding carboxylic acids is 1. The van der Waals surface area contributed by atoms with Gasteiger partial charge in [0, 0.05) is 26.2 Å². The molecule has 0 saturated carbocycles. The lowest BCUT2D eigenvalue weighted by molar-refractivity contribution is -0.122. The molecule has 34 heavy (non-hydrogen) atoms. The SMILES string of the molecule is CCOc1ccc(N(C(CC)C(=O)NCc2cccc(CN3CCOCC3)c2)S(C)(=O)=O)cc1. The number of benzene rings is 2. The number of ether oxygens (including phenoxy) is 2. The Hall–Kier alpha value is -2.62. The van der Waals surface area contributed by atoms with Gasteiger partial charge >= 0.3 is 0 Å². The van der Waals surface area contributed by atoms with Gasteiger partial charge in [0.25, 0.3) is 0 Å². The van der Waals surface area contributed by atoms with Gasteiger partial charge in [0.1, 0.15) is 11.8 Å². The third kappa shape index (κ3) is 7.19. The van der Waals surface area contributed by atoms with Gasteiger partial charge in [0.05, 0.1) is 31.8 Å². The first-order valence-corrected chi connectivity index (χ1v) is 13.5. The van der Waals surface area contributed by atoms with Crippen LogP contribution in [0.3, 0.4) is 0 Å². The molecule has 1 heterocycles. The van der Waals surface area contributed by atoms with Crippen LogP contribution in [0.4, 0.5) is 5.69 Å². The van der Waals surface area contributed by atoms with Crippen molar-refractivity contribution in [2.24, 2.45) is 0 Å². The molecular weight excluding hydrogens is 454 g/mol. The standard InChI is InChI=1S/C25H35N3O5S/c1-4-24(28(34(3,30)31)22-9-11-23(12-10-22)33-5-2)25(29)26-18-20-7-6-8-21(17-20)19-27-13-15-32-16-14-27/h6-12,17,24H,4-5,13-16,18-19H2,1-3H3,(H,26,29). The minimum absolute atomic E-state index is 0.327. The Morgan fingerprint density at radius 2 is 1.79 bits per heavy atom. The lowest BCUT2D eigenvalue weighted by atomic mass is 10.1. The van der Waals surface area contributed by atoms with Gasteiger partial charge in [0.15, 0.2) is 0 Å². The van der Waals surface area contributed by atoms with E-state index in [-0.39, 0.29) is 5.91 Å². The Morgan fingerprint density at radius 3 is 2.41 bits per heavy atom. The second-order valence-corrected chi connectivity index (χ2v) is 10.2. The van der Waals surface area contributed by atoms with Gasteiger partial charge in [0.2, 0.25) is 15.9 Å². The molecule has 1 saturated heterocycles. The highest BCUT2D eigenvalue weighted by Gasteiger charge is 2.31. The molecule has 8 nitrogen and oxygen atoms in total. The first-order chi connectivity index (χ1) is 16.3. The summed E-state index contributed by atoms with van der Waals surface area (Å²) < 4.78 is 37.4. The summed E-state index contributed by atoms with van der Waals surface area (Å²) in [5.74, 6) is 0.314. The van der Waals surface area contributed by atoms with E-state index in [9.17, 15) is 13.2 Å².